The van der Waals surface area contributed by atoms with Gasteiger partial charge in [-0.1, -0.05) is 0 Å². The van der Waals surface area contributed by atoms with E-state index >= 15 is 0 Å². The number of aliphatic imine (C=N–C) groups is 1. The Balaban J connectivity index is 2.62. The molecule has 0 aromatic heterocycles. The zero-order valence-electron chi connectivity index (χ0n) is 6.13. The molecule has 56 valence electrons. The highest BCUT2D eigenvalue weighted by Crippen LogP contribution is 2.03. The highest BCUT2D eigenvalue weighted by atomic mass is 16.5. The van der Waals surface area contributed by atoms with Gasteiger partial charge in [0, 0.05) is 24.7 Å². The van der Waals surface area contributed by atoms with Crippen LogP contribution in [0.5, 0.6) is 0 Å². The Kier molecular flexibility index (Phi) is 2.31. The summed E-state index contributed by atoms with van der Waals surface area (Å²) >= 11 is 0. The Labute approximate surface area is 60.6 Å². The van der Waals surface area contributed by atoms with Crippen LogP contribution in [0.25, 0.3) is 0 Å². The number of nitrogens with two attached hydrogens (primary N) is 1. The summed E-state index contributed by atoms with van der Waals surface area (Å²) in [5, 5.41) is 0. The third-order valence-electron chi connectivity index (χ3n) is 1.38. The molecule has 0 saturated heterocycles. The predicted octanol–water partition coefficient (Wildman–Crippen LogP) is 0.668. The molecule has 0 saturated carbocycles. The largest absolute Gasteiger partial charge is 0.478 e. The molecule has 0 atom stereocenters. The predicted molar refractivity (Wildman–Crippen MR) is 40.8 cm³/mol. The summed E-state index contributed by atoms with van der Waals surface area (Å²) in [5.74, 6) is 0.703. The van der Waals surface area contributed by atoms with Crippen molar-refractivity contribution in [3.8, 4) is 0 Å². The van der Waals surface area contributed by atoms with Gasteiger partial charge in [-0.2, -0.15) is 0 Å². The van der Waals surface area contributed by atoms with Gasteiger partial charge in [0.25, 0.3) is 0 Å². The summed E-state index contributed by atoms with van der Waals surface area (Å²) < 4.78 is 5.23. The maximum absolute atomic E-state index is 5.28. The molecule has 0 unspecified atom stereocenters. The van der Waals surface area contributed by atoms with Crippen LogP contribution in [0, 0.1) is 0 Å². The van der Waals surface area contributed by atoms with Crippen molar-refractivity contribution in [1.29, 1.82) is 0 Å². The maximum atomic E-state index is 5.28. The molecule has 0 aromatic rings. The molecule has 0 aromatic carbocycles. The molecule has 1 aliphatic heterocycles. The SMILES string of the molecule is C/C(=C/N)C1=NCCCO1. The molecule has 2 N–H and O–H groups in total. The second-order valence-corrected chi connectivity index (χ2v) is 2.24. The van der Waals surface area contributed by atoms with Gasteiger partial charge in [0.1, 0.15) is 0 Å². The quantitative estimate of drug-likeness (QED) is 0.581. The molecular weight excluding hydrogens is 128 g/mol. The van der Waals surface area contributed by atoms with E-state index in [1.54, 1.807) is 0 Å². The molecule has 1 heterocycles. The van der Waals surface area contributed by atoms with Crippen LogP contribution in [0.3, 0.4) is 0 Å². The van der Waals surface area contributed by atoms with Crippen molar-refractivity contribution in [2.45, 2.75) is 13.3 Å². The lowest BCUT2D eigenvalue weighted by molar-refractivity contribution is 0.283. The van der Waals surface area contributed by atoms with Crippen LogP contribution in [0.15, 0.2) is 16.8 Å². The fraction of sp³-hybridized carbons (Fsp3) is 0.571. The van der Waals surface area contributed by atoms with E-state index in [0.29, 0.717) is 5.90 Å². The van der Waals surface area contributed by atoms with Crippen molar-refractivity contribution in [2.24, 2.45) is 10.7 Å². The average molecular weight is 140 g/mol. The highest BCUT2D eigenvalue weighted by Gasteiger charge is 2.06. The first-order chi connectivity index (χ1) is 4.84. The lowest BCUT2D eigenvalue weighted by atomic mass is 10.3. The van der Waals surface area contributed by atoms with E-state index in [0.717, 1.165) is 25.1 Å². The summed E-state index contributed by atoms with van der Waals surface area (Å²) in [6.45, 7) is 3.52. The van der Waals surface area contributed by atoms with Gasteiger partial charge in [-0.25, -0.2) is 0 Å². The monoisotopic (exact) mass is 140 g/mol. The van der Waals surface area contributed by atoms with Crippen LogP contribution in [-0.4, -0.2) is 19.0 Å². The molecule has 0 fully saturated rings. The van der Waals surface area contributed by atoms with Crippen LogP contribution in [0.4, 0.5) is 0 Å². The topological polar surface area (TPSA) is 47.6 Å². The molecule has 1 aliphatic rings. The molecule has 0 aliphatic carbocycles. The molecule has 1 rings (SSSR count). The zero-order valence-corrected chi connectivity index (χ0v) is 6.13. The van der Waals surface area contributed by atoms with Gasteiger partial charge >= 0.3 is 0 Å². The van der Waals surface area contributed by atoms with Gasteiger partial charge in [-0.15, -0.1) is 0 Å². The summed E-state index contributed by atoms with van der Waals surface area (Å²) in [5.41, 5.74) is 6.20. The second kappa shape index (κ2) is 3.25. The minimum absolute atomic E-state index is 0.703. The Morgan fingerprint density at radius 1 is 1.80 bits per heavy atom. The maximum Gasteiger partial charge on any atom is 0.213 e. The fourth-order valence-corrected chi connectivity index (χ4v) is 0.769. The molecule has 0 amide bonds. The van der Waals surface area contributed by atoms with E-state index < -0.39 is 0 Å². The second-order valence-electron chi connectivity index (χ2n) is 2.24. The van der Waals surface area contributed by atoms with E-state index in [1.807, 2.05) is 6.92 Å². The average Bonchev–Trinajstić information content (AvgIpc) is 2.05. The summed E-state index contributed by atoms with van der Waals surface area (Å²) in [6.07, 6.45) is 2.53. The Bertz CT molecular complexity index is 172. The number of hydrogen-bond donors (Lipinski definition) is 1. The van der Waals surface area contributed by atoms with Crippen molar-refractivity contribution in [3.63, 3.8) is 0 Å². The molecule has 3 nitrogen and oxygen atoms in total. The molecule has 0 spiro atoms. The van der Waals surface area contributed by atoms with Crippen molar-refractivity contribution >= 4 is 5.90 Å². The van der Waals surface area contributed by atoms with Crippen molar-refractivity contribution in [3.05, 3.63) is 11.8 Å². The number of ether oxygens (including phenoxy) is 1. The van der Waals surface area contributed by atoms with E-state index in [4.69, 9.17) is 10.5 Å². The van der Waals surface area contributed by atoms with Gasteiger partial charge < -0.3 is 10.5 Å². The van der Waals surface area contributed by atoms with Gasteiger partial charge in [0.15, 0.2) is 0 Å². The molecular formula is C7H12N2O. The first-order valence-corrected chi connectivity index (χ1v) is 3.40. The van der Waals surface area contributed by atoms with Crippen molar-refractivity contribution in [1.82, 2.24) is 0 Å². The van der Waals surface area contributed by atoms with Crippen molar-refractivity contribution < 1.29 is 4.74 Å². The number of rotatable bonds is 1. The van der Waals surface area contributed by atoms with Gasteiger partial charge in [0.2, 0.25) is 5.90 Å². The summed E-state index contributed by atoms with van der Waals surface area (Å²) in [7, 11) is 0. The lowest BCUT2D eigenvalue weighted by Crippen LogP contribution is -2.15. The third kappa shape index (κ3) is 1.50. The van der Waals surface area contributed by atoms with E-state index in [9.17, 15) is 0 Å². The normalized spacial score (nSPS) is 19.7. The van der Waals surface area contributed by atoms with E-state index in [2.05, 4.69) is 4.99 Å². The summed E-state index contributed by atoms with van der Waals surface area (Å²) in [6, 6.07) is 0. The van der Waals surface area contributed by atoms with Gasteiger partial charge in [0.05, 0.1) is 6.61 Å². The molecule has 0 radical (unpaired) electrons. The Morgan fingerprint density at radius 3 is 3.10 bits per heavy atom. The fourth-order valence-electron chi connectivity index (χ4n) is 0.769. The minimum Gasteiger partial charge on any atom is -0.478 e. The first kappa shape index (κ1) is 7.12. The third-order valence-corrected chi connectivity index (χ3v) is 1.38. The van der Waals surface area contributed by atoms with Crippen LogP contribution in [0.1, 0.15) is 13.3 Å². The van der Waals surface area contributed by atoms with E-state index in [1.165, 1.54) is 6.20 Å². The molecule has 3 heteroatoms. The first-order valence-electron chi connectivity index (χ1n) is 3.40. The van der Waals surface area contributed by atoms with Crippen LogP contribution < -0.4 is 5.73 Å². The summed E-state index contributed by atoms with van der Waals surface area (Å²) in [4.78, 5) is 4.15. The minimum atomic E-state index is 0.703. The number of nitrogens with zero attached hydrogens (tertiary/aromatic N) is 1. The molecule has 0 bridgehead atoms. The van der Waals surface area contributed by atoms with Crippen LogP contribution in [-0.2, 0) is 4.74 Å². The smallest absolute Gasteiger partial charge is 0.213 e. The standard InChI is InChI=1S/C7H12N2O/c1-6(5-8)7-9-3-2-4-10-7/h5H,2-4,8H2,1H3/b6-5-. The Morgan fingerprint density at radius 2 is 2.60 bits per heavy atom. The zero-order chi connectivity index (χ0) is 7.40. The lowest BCUT2D eigenvalue weighted by Gasteiger charge is -2.13. The Hall–Kier alpha value is -0.990. The van der Waals surface area contributed by atoms with Gasteiger partial charge in [-0.05, 0) is 6.92 Å². The van der Waals surface area contributed by atoms with E-state index in [-0.39, 0.29) is 0 Å². The highest BCUT2D eigenvalue weighted by molar-refractivity contribution is 5.93. The van der Waals surface area contributed by atoms with Crippen molar-refractivity contribution in [2.75, 3.05) is 13.2 Å². The van der Waals surface area contributed by atoms with Gasteiger partial charge in [-0.3, -0.25) is 4.99 Å². The van der Waals surface area contributed by atoms with Crippen LogP contribution >= 0.6 is 0 Å². The van der Waals surface area contributed by atoms with Crippen LogP contribution in [0.2, 0.25) is 0 Å². The number of hydrogen-bond acceptors (Lipinski definition) is 3. The molecule has 10 heavy (non-hydrogen) atoms.